The van der Waals surface area contributed by atoms with Gasteiger partial charge in [-0.15, -0.1) is 0 Å². The molecule has 2 saturated heterocycles. The van der Waals surface area contributed by atoms with Crippen molar-refractivity contribution < 1.29 is 13.2 Å². The third kappa shape index (κ3) is 3.24. The molecule has 24 heavy (non-hydrogen) atoms. The Balaban J connectivity index is 2.05. The molecule has 0 bridgehead atoms. The first-order valence-corrected chi connectivity index (χ1v) is 10.9. The van der Waals surface area contributed by atoms with Crippen LogP contribution < -0.4 is 4.90 Å². The number of nitrogens with zero attached hydrogens (tertiary/aromatic N) is 2. The van der Waals surface area contributed by atoms with Gasteiger partial charge in [0.05, 0.1) is 17.5 Å². The molecule has 0 aliphatic carbocycles. The number of fused-ring (bicyclic) bond motifs is 1. The van der Waals surface area contributed by atoms with E-state index in [1.54, 1.807) is 0 Å². The molecule has 7 heteroatoms. The van der Waals surface area contributed by atoms with Crippen LogP contribution >= 0.6 is 11.8 Å². The van der Waals surface area contributed by atoms with Gasteiger partial charge in [0.2, 0.25) is 5.91 Å². The monoisotopic (exact) mass is 366 g/mol. The van der Waals surface area contributed by atoms with Crippen molar-refractivity contribution in [1.82, 2.24) is 0 Å². The predicted molar refractivity (Wildman–Crippen MR) is 99.6 cm³/mol. The summed E-state index contributed by atoms with van der Waals surface area (Å²) in [6.07, 6.45) is 1.17. The van der Waals surface area contributed by atoms with Gasteiger partial charge in [-0.3, -0.25) is 4.79 Å². The highest BCUT2D eigenvalue weighted by Crippen LogP contribution is 2.42. The van der Waals surface area contributed by atoms with Crippen molar-refractivity contribution in [1.29, 1.82) is 0 Å². The quantitative estimate of drug-likeness (QED) is 0.823. The zero-order valence-electron chi connectivity index (χ0n) is 14.2. The molecule has 5 nitrogen and oxygen atoms in total. The molecule has 130 valence electrons. The van der Waals surface area contributed by atoms with Gasteiger partial charge in [0.15, 0.2) is 15.0 Å². The third-order valence-electron chi connectivity index (χ3n) is 4.59. The second kappa shape index (κ2) is 6.52. The molecule has 0 unspecified atom stereocenters. The highest BCUT2D eigenvalue weighted by atomic mass is 32.2. The minimum Gasteiger partial charge on any atom is -0.315 e. The molecule has 2 atom stereocenters. The summed E-state index contributed by atoms with van der Waals surface area (Å²) >= 11 is 1.43. The minimum absolute atomic E-state index is 0.0527. The second-order valence-corrected chi connectivity index (χ2v) is 9.79. The Morgan fingerprint density at radius 2 is 2.08 bits per heavy atom. The number of anilines is 1. The largest absolute Gasteiger partial charge is 0.315 e. The summed E-state index contributed by atoms with van der Waals surface area (Å²) in [5.41, 5.74) is 3.19. The third-order valence-corrected chi connectivity index (χ3v) is 7.80. The molecular formula is C17H22N2O3S2. The van der Waals surface area contributed by atoms with Crippen molar-refractivity contribution in [2.75, 3.05) is 16.4 Å². The topological polar surface area (TPSA) is 66.8 Å². The number of thioether (sulfide) groups is 1. The summed E-state index contributed by atoms with van der Waals surface area (Å²) in [5, 5.41) is 0.593. The van der Waals surface area contributed by atoms with E-state index in [9.17, 15) is 13.2 Å². The Kier molecular flexibility index (Phi) is 4.75. The number of carbonyl (C=O) groups excluding carboxylic acids is 1. The SMILES string of the molecule is CCCC(=O)N=C1S[C@@H]2CS(=O)(=O)C[C@@H]2N1c1cccc(C)c1C. The standard InChI is InChI=1S/C17H22N2O3S2/c1-4-6-16(20)18-17-19(13-8-5-7-11(2)12(13)3)14-9-24(21,22)10-15(14)23-17/h5,7-8,14-15H,4,6,9-10H2,1-3H3/t14-,15+/m0/s1. The lowest BCUT2D eigenvalue weighted by molar-refractivity contribution is -0.117. The lowest BCUT2D eigenvalue weighted by Gasteiger charge is -2.26. The summed E-state index contributed by atoms with van der Waals surface area (Å²) in [6, 6.07) is 5.83. The number of sulfone groups is 1. The maximum Gasteiger partial charge on any atom is 0.248 e. The highest BCUT2D eigenvalue weighted by molar-refractivity contribution is 8.16. The molecule has 3 rings (SSSR count). The highest BCUT2D eigenvalue weighted by Gasteiger charge is 2.49. The number of amides is 1. The van der Waals surface area contributed by atoms with Crippen molar-refractivity contribution in [3.8, 4) is 0 Å². The van der Waals surface area contributed by atoms with E-state index >= 15 is 0 Å². The van der Waals surface area contributed by atoms with Crippen LogP contribution in [0.15, 0.2) is 23.2 Å². The van der Waals surface area contributed by atoms with Gasteiger partial charge in [-0.1, -0.05) is 30.8 Å². The van der Waals surface area contributed by atoms with E-state index in [0.717, 1.165) is 23.2 Å². The Bertz CT molecular complexity index is 802. The number of aryl methyl sites for hydroxylation is 1. The first-order chi connectivity index (χ1) is 11.3. The first kappa shape index (κ1) is 17.5. The van der Waals surface area contributed by atoms with E-state index in [1.807, 2.05) is 43.9 Å². The van der Waals surface area contributed by atoms with Gasteiger partial charge in [0.25, 0.3) is 0 Å². The zero-order chi connectivity index (χ0) is 17.5. The van der Waals surface area contributed by atoms with Gasteiger partial charge >= 0.3 is 0 Å². The molecule has 1 amide bonds. The van der Waals surface area contributed by atoms with Crippen LogP contribution in [0, 0.1) is 13.8 Å². The average Bonchev–Trinajstić information content (AvgIpc) is 2.94. The first-order valence-electron chi connectivity index (χ1n) is 8.16. The number of benzene rings is 1. The number of rotatable bonds is 3. The van der Waals surface area contributed by atoms with Crippen molar-refractivity contribution in [3.63, 3.8) is 0 Å². The lowest BCUT2D eigenvalue weighted by Crippen LogP contribution is -2.38. The normalized spacial score (nSPS) is 26.8. The van der Waals surface area contributed by atoms with Crippen LogP contribution in [0.4, 0.5) is 5.69 Å². The van der Waals surface area contributed by atoms with Crippen molar-refractivity contribution >= 4 is 38.4 Å². The second-order valence-electron chi connectivity index (χ2n) is 6.43. The fraction of sp³-hybridized carbons (Fsp3) is 0.529. The van der Waals surface area contributed by atoms with Crippen molar-refractivity contribution in [2.45, 2.75) is 44.9 Å². The molecule has 2 aliphatic heterocycles. The van der Waals surface area contributed by atoms with Gasteiger partial charge in [-0.05, 0) is 37.5 Å². The number of hydrogen-bond acceptors (Lipinski definition) is 4. The minimum atomic E-state index is -3.03. The summed E-state index contributed by atoms with van der Waals surface area (Å²) < 4.78 is 24.1. The van der Waals surface area contributed by atoms with Crippen LogP contribution in [0.5, 0.6) is 0 Å². The smallest absolute Gasteiger partial charge is 0.248 e. The van der Waals surface area contributed by atoms with E-state index < -0.39 is 9.84 Å². The molecule has 0 aromatic heterocycles. The van der Waals surface area contributed by atoms with E-state index in [-0.39, 0.29) is 28.7 Å². The Hall–Kier alpha value is -1.34. The average molecular weight is 367 g/mol. The number of carbonyl (C=O) groups is 1. The summed E-state index contributed by atoms with van der Waals surface area (Å²) in [7, 11) is -3.03. The fourth-order valence-electron chi connectivity index (χ4n) is 3.22. The molecular weight excluding hydrogens is 344 g/mol. The number of hydrogen-bond donors (Lipinski definition) is 0. The molecule has 0 saturated carbocycles. The van der Waals surface area contributed by atoms with Crippen LogP contribution in [-0.2, 0) is 14.6 Å². The van der Waals surface area contributed by atoms with Crippen molar-refractivity contribution in [2.24, 2.45) is 4.99 Å². The Labute approximate surface area is 147 Å². The van der Waals surface area contributed by atoms with Crippen LogP contribution in [0.25, 0.3) is 0 Å². The maximum atomic E-state index is 12.1. The van der Waals surface area contributed by atoms with E-state index in [4.69, 9.17) is 0 Å². The molecule has 0 spiro atoms. The van der Waals surface area contributed by atoms with Gasteiger partial charge in [-0.25, -0.2) is 8.42 Å². The van der Waals surface area contributed by atoms with Crippen LogP contribution in [0.3, 0.4) is 0 Å². The van der Waals surface area contributed by atoms with Gasteiger partial charge in [0.1, 0.15) is 0 Å². The predicted octanol–water partition coefficient (Wildman–Crippen LogP) is 2.70. The van der Waals surface area contributed by atoms with E-state index in [2.05, 4.69) is 4.99 Å². The zero-order valence-corrected chi connectivity index (χ0v) is 15.8. The molecule has 2 fully saturated rings. The Morgan fingerprint density at radius 3 is 2.79 bits per heavy atom. The summed E-state index contributed by atoms with van der Waals surface area (Å²) in [5.74, 6) is 0.141. The van der Waals surface area contributed by atoms with Crippen LogP contribution in [0.2, 0.25) is 0 Å². The fourth-order valence-corrected chi connectivity index (χ4v) is 7.14. The van der Waals surface area contributed by atoms with Gasteiger partial charge < -0.3 is 4.90 Å². The van der Waals surface area contributed by atoms with Gasteiger partial charge in [0, 0.05) is 17.4 Å². The van der Waals surface area contributed by atoms with E-state index in [0.29, 0.717) is 11.6 Å². The Morgan fingerprint density at radius 1 is 1.33 bits per heavy atom. The summed E-state index contributed by atoms with van der Waals surface area (Å²) in [4.78, 5) is 18.3. The molecule has 2 aliphatic rings. The van der Waals surface area contributed by atoms with Crippen molar-refractivity contribution in [3.05, 3.63) is 29.3 Å². The lowest BCUT2D eigenvalue weighted by atomic mass is 10.1. The number of amidine groups is 1. The summed E-state index contributed by atoms with van der Waals surface area (Å²) in [6.45, 7) is 6.01. The van der Waals surface area contributed by atoms with E-state index in [1.165, 1.54) is 11.8 Å². The van der Waals surface area contributed by atoms with Crippen LogP contribution in [-0.4, -0.2) is 42.3 Å². The maximum absolute atomic E-state index is 12.1. The molecule has 1 aromatic rings. The molecule has 1 aromatic carbocycles. The molecule has 0 N–H and O–H groups in total. The van der Waals surface area contributed by atoms with Gasteiger partial charge in [-0.2, -0.15) is 4.99 Å². The molecule has 0 radical (unpaired) electrons. The van der Waals surface area contributed by atoms with Crippen LogP contribution in [0.1, 0.15) is 30.9 Å². The molecule has 2 heterocycles. The number of aliphatic imine (C=N–C) groups is 1.